The van der Waals surface area contributed by atoms with Crippen LogP contribution in [0.5, 0.6) is 5.75 Å². The summed E-state index contributed by atoms with van der Waals surface area (Å²) in [6.45, 7) is 0.0937. The number of furan rings is 1. The van der Waals surface area contributed by atoms with Gasteiger partial charge in [-0.05, 0) is 49.6 Å². The summed E-state index contributed by atoms with van der Waals surface area (Å²) in [5.41, 5.74) is 2.53. The summed E-state index contributed by atoms with van der Waals surface area (Å²) in [5.74, 6) is 1.95. The van der Waals surface area contributed by atoms with Crippen LogP contribution < -0.4 is 10.3 Å². The lowest BCUT2D eigenvalue weighted by Crippen LogP contribution is -2.32. The maximum atomic E-state index is 12.6. The Labute approximate surface area is 178 Å². The molecule has 0 fully saturated rings. The molecule has 1 N–H and O–H groups in total. The van der Waals surface area contributed by atoms with Crippen LogP contribution >= 0.6 is 0 Å². The molecule has 158 valence electrons. The van der Waals surface area contributed by atoms with Crippen LogP contribution in [-0.2, 0) is 24.2 Å². The molecule has 2 aromatic carbocycles. The van der Waals surface area contributed by atoms with Gasteiger partial charge in [0.25, 0.3) is 11.5 Å². The standard InChI is InChI=1S/C24H23N3O4/c1-27(13-22-25-19-8-4-2-7-17(19)24(29)26-22)23(28)14-30-15-10-11-21-18(12-15)16-6-3-5-9-20(16)31-21/h2,4,7-8,10-12H,3,5-6,9,13-14H2,1H3,(H,25,26,29). The highest BCUT2D eigenvalue weighted by molar-refractivity contribution is 5.84. The summed E-state index contributed by atoms with van der Waals surface area (Å²) >= 11 is 0. The average Bonchev–Trinajstić information content (AvgIpc) is 3.15. The minimum Gasteiger partial charge on any atom is -0.484 e. The summed E-state index contributed by atoms with van der Waals surface area (Å²) in [7, 11) is 1.66. The number of hydrogen-bond acceptors (Lipinski definition) is 5. The van der Waals surface area contributed by atoms with Crippen molar-refractivity contribution in [3.05, 3.63) is 70.0 Å². The van der Waals surface area contributed by atoms with E-state index in [2.05, 4.69) is 9.97 Å². The Balaban J connectivity index is 1.26. The monoisotopic (exact) mass is 417 g/mol. The largest absolute Gasteiger partial charge is 0.484 e. The zero-order valence-electron chi connectivity index (χ0n) is 17.3. The molecule has 1 aliphatic rings. The Morgan fingerprint density at radius 3 is 2.90 bits per heavy atom. The zero-order chi connectivity index (χ0) is 21.4. The predicted molar refractivity (Wildman–Crippen MR) is 117 cm³/mol. The molecular formula is C24H23N3O4. The Morgan fingerprint density at radius 1 is 1.16 bits per heavy atom. The van der Waals surface area contributed by atoms with Crippen LogP contribution in [0.1, 0.15) is 30.0 Å². The summed E-state index contributed by atoms with van der Waals surface area (Å²) in [4.78, 5) is 33.5. The molecule has 0 aliphatic heterocycles. The van der Waals surface area contributed by atoms with Crippen LogP contribution in [0.2, 0.25) is 0 Å². The van der Waals surface area contributed by atoms with Crippen LogP contribution in [0.15, 0.2) is 51.7 Å². The van der Waals surface area contributed by atoms with E-state index < -0.39 is 0 Å². The number of nitrogens with one attached hydrogen (secondary N) is 1. The Kier molecular flexibility index (Phi) is 4.94. The highest BCUT2D eigenvalue weighted by Gasteiger charge is 2.18. The number of likely N-dealkylation sites (N-methyl/N-ethyl adjacent to an activating group) is 1. The van der Waals surface area contributed by atoms with Gasteiger partial charge in [0.2, 0.25) is 0 Å². The number of amides is 1. The number of aryl methyl sites for hydroxylation is 2. The third-order valence-electron chi connectivity index (χ3n) is 5.76. The van der Waals surface area contributed by atoms with Gasteiger partial charge in [-0.1, -0.05) is 12.1 Å². The first kappa shape index (κ1) is 19.4. The number of nitrogens with zero attached hydrogens (tertiary/aromatic N) is 2. The van der Waals surface area contributed by atoms with Crippen molar-refractivity contribution < 1.29 is 13.9 Å². The van der Waals surface area contributed by atoms with E-state index in [1.807, 2.05) is 24.3 Å². The van der Waals surface area contributed by atoms with E-state index in [0.29, 0.717) is 22.5 Å². The normalized spacial score (nSPS) is 13.3. The number of rotatable bonds is 5. The number of para-hydroxylation sites is 1. The first-order chi connectivity index (χ1) is 15.1. The van der Waals surface area contributed by atoms with Crippen molar-refractivity contribution in [3.63, 3.8) is 0 Å². The first-order valence-electron chi connectivity index (χ1n) is 10.5. The molecule has 31 heavy (non-hydrogen) atoms. The molecule has 7 heteroatoms. The van der Waals surface area contributed by atoms with Gasteiger partial charge in [0.05, 0.1) is 17.4 Å². The molecule has 0 unspecified atom stereocenters. The van der Waals surface area contributed by atoms with E-state index in [0.717, 1.165) is 36.0 Å². The Hall–Kier alpha value is -3.61. The van der Waals surface area contributed by atoms with Gasteiger partial charge in [-0.3, -0.25) is 9.59 Å². The predicted octanol–water partition coefficient (Wildman–Crippen LogP) is 3.59. The molecule has 0 spiro atoms. The van der Waals surface area contributed by atoms with E-state index in [1.165, 1.54) is 16.9 Å². The molecule has 7 nitrogen and oxygen atoms in total. The number of H-pyrrole nitrogens is 1. The highest BCUT2D eigenvalue weighted by Crippen LogP contribution is 2.33. The number of carbonyl (C=O) groups excluding carboxylic acids is 1. The molecule has 2 aromatic heterocycles. The zero-order valence-corrected chi connectivity index (χ0v) is 17.3. The van der Waals surface area contributed by atoms with Crippen molar-refractivity contribution >= 4 is 27.8 Å². The first-order valence-corrected chi connectivity index (χ1v) is 10.5. The van der Waals surface area contributed by atoms with E-state index in [4.69, 9.17) is 9.15 Å². The summed E-state index contributed by atoms with van der Waals surface area (Å²) in [5, 5.41) is 1.60. The molecule has 2 heterocycles. The van der Waals surface area contributed by atoms with Gasteiger partial charge in [0.1, 0.15) is 22.9 Å². The molecule has 4 aromatic rings. The Morgan fingerprint density at radius 2 is 2.00 bits per heavy atom. The number of aromatic amines is 1. The second-order valence-corrected chi connectivity index (χ2v) is 7.94. The quantitative estimate of drug-likeness (QED) is 0.536. The van der Waals surface area contributed by atoms with Crippen molar-refractivity contribution in [2.45, 2.75) is 32.2 Å². The second-order valence-electron chi connectivity index (χ2n) is 7.94. The molecular weight excluding hydrogens is 394 g/mol. The van der Waals surface area contributed by atoms with Gasteiger partial charge in [-0.25, -0.2) is 4.98 Å². The second kappa shape index (κ2) is 7.91. The number of carbonyl (C=O) groups is 1. The molecule has 5 rings (SSSR count). The van der Waals surface area contributed by atoms with Gasteiger partial charge in [-0.2, -0.15) is 0 Å². The van der Waals surface area contributed by atoms with E-state index in [9.17, 15) is 9.59 Å². The summed E-state index contributed by atoms with van der Waals surface area (Å²) in [6.07, 6.45) is 4.33. The number of ether oxygens (including phenoxy) is 1. The number of benzene rings is 2. The lowest BCUT2D eigenvalue weighted by Gasteiger charge is -2.17. The number of hydrogen-bond donors (Lipinski definition) is 1. The molecule has 0 saturated carbocycles. The van der Waals surface area contributed by atoms with E-state index >= 15 is 0 Å². The number of aromatic nitrogens is 2. The fourth-order valence-electron chi connectivity index (χ4n) is 4.11. The minimum atomic E-state index is -0.213. The van der Waals surface area contributed by atoms with E-state index in [-0.39, 0.29) is 24.6 Å². The van der Waals surface area contributed by atoms with Crippen molar-refractivity contribution in [1.29, 1.82) is 0 Å². The van der Waals surface area contributed by atoms with Crippen molar-refractivity contribution in [3.8, 4) is 5.75 Å². The molecule has 1 aliphatic carbocycles. The van der Waals surface area contributed by atoms with Gasteiger partial charge in [-0.15, -0.1) is 0 Å². The summed E-state index contributed by atoms with van der Waals surface area (Å²) in [6, 6.07) is 12.8. The van der Waals surface area contributed by atoms with Crippen LogP contribution in [0.25, 0.3) is 21.9 Å². The average molecular weight is 417 g/mol. The molecule has 1 amide bonds. The fourth-order valence-corrected chi connectivity index (χ4v) is 4.11. The van der Waals surface area contributed by atoms with Crippen LogP contribution in [0.4, 0.5) is 0 Å². The molecule has 0 saturated heterocycles. The van der Waals surface area contributed by atoms with Crippen LogP contribution in [-0.4, -0.2) is 34.4 Å². The van der Waals surface area contributed by atoms with Gasteiger partial charge in [0, 0.05) is 24.4 Å². The van der Waals surface area contributed by atoms with Crippen molar-refractivity contribution in [2.24, 2.45) is 0 Å². The maximum Gasteiger partial charge on any atom is 0.260 e. The van der Waals surface area contributed by atoms with Gasteiger partial charge in [0.15, 0.2) is 6.61 Å². The summed E-state index contributed by atoms with van der Waals surface area (Å²) < 4.78 is 11.7. The molecule has 0 atom stereocenters. The molecule has 0 bridgehead atoms. The third kappa shape index (κ3) is 3.79. The van der Waals surface area contributed by atoms with E-state index in [1.54, 1.807) is 25.2 Å². The van der Waals surface area contributed by atoms with Crippen LogP contribution in [0.3, 0.4) is 0 Å². The van der Waals surface area contributed by atoms with Crippen molar-refractivity contribution in [2.75, 3.05) is 13.7 Å². The fraction of sp³-hybridized carbons (Fsp3) is 0.292. The minimum absolute atomic E-state index is 0.0974. The van der Waals surface area contributed by atoms with Gasteiger partial charge < -0.3 is 19.0 Å². The lowest BCUT2D eigenvalue weighted by molar-refractivity contribution is -0.132. The van der Waals surface area contributed by atoms with Crippen molar-refractivity contribution in [1.82, 2.24) is 14.9 Å². The third-order valence-corrected chi connectivity index (χ3v) is 5.76. The SMILES string of the molecule is CN(Cc1nc2ccccc2c(=O)[nH]1)C(=O)COc1ccc2oc3c(c2c1)CCCC3. The maximum absolute atomic E-state index is 12.6. The van der Waals surface area contributed by atoms with Gasteiger partial charge >= 0.3 is 0 Å². The smallest absolute Gasteiger partial charge is 0.260 e. The number of fused-ring (bicyclic) bond motifs is 4. The topological polar surface area (TPSA) is 88.4 Å². The molecule has 0 radical (unpaired) electrons. The Bertz CT molecular complexity index is 1340. The lowest BCUT2D eigenvalue weighted by atomic mass is 9.96. The highest BCUT2D eigenvalue weighted by atomic mass is 16.5. The van der Waals surface area contributed by atoms with Crippen LogP contribution in [0, 0.1) is 0 Å².